The lowest BCUT2D eigenvalue weighted by Crippen LogP contribution is -2.41. The van der Waals surface area contributed by atoms with E-state index in [0.717, 1.165) is 10.4 Å². The van der Waals surface area contributed by atoms with E-state index in [1.54, 1.807) is 6.08 Å². The molecule has 1 heterocycles. The number of urea groups is 1. The van der Waals surface area contributed by atoms with Gasteiger partial charge in [0.1, 0.15) is 0 Å². The van der Waals surface area contributed by atoms with E-state index in [0.29, 0.717) is 6.54 Å². The van der Waals surface area contributed by atoms with E-state index in [2.05, 4.69) is 10.6 Å². The fourth-order valence-electron chi connectivity index (χ4n) is 1.71. The third-order valence-corrected chi connectivity index (χ3v) is 3.66. The standard InChI is InChI=1S/C17H16N2O4S/c20-15(12-23-16(21)9-8-14-7-4-10-24-14)19-17(22)18-11-13-5-2-1-3-6-13/h1-10H,11-12H2,(H2,18,19,20,22). The van der Waals surface area contributed by atoms with Gasteiger partial charge in [-0.05, 0) is 23.1 Å². The third kappa shape index (κ3) is 6.45. The molecule has 0 atom stereocenters. The topological polar surface area (TPSA) is 84.5 Å². The van der Waals surface area contributed by atoms with Crippen LogP contribution in [0.3, 0.4) is 0 Å². The Hall–Kier alpha value is -2.93. The summed E-state index contributed by atoms with van der Waals surface area (Å²) in [5.74, 6) is -1.35. The Morgan fingerprint density at radius 3 is 2.58 bits per heavy atom. The van der Waals surface area contributed by atoms with Crippen molar-refractivity contribution < 1.29 is 19.1 Å². The van der Waals surface area contributed by atoms with Gasteiger partial charge in [-0.1, -0.05) is 36.4 Å². The SMILES string of the molecule is O=C(COC(=O)C=Cc1cccs1)NC(=O)NCc1ccccc1. The average molecular weight is 344 g/mol. The predicted molar refractivity (Wildman–Crippen MR) is 91.1 cm³/mol. The van der Waals surface area contributed by atoms with Gasteiger partial charge in [-0.3, -0.25) is 10.1 Å². The molecule has 24 heavy (non-hydrogen) atoms. The second-order valence-electron chi connectivity index (χ2n) is 4.67. The van der Waals surface area contributed by atoms with Gasteiger partial charge < -0.3 is 10.1 Å². The van der Waals surface area contributed by atoms with Gasteiger partial charge >= 0.3 is 12.0 Å². The summed E-state index contributed by atoms with van der Waals surface area (Å²) in [5, 5.41) is 6.51. The van der Waals surface area contributed by atoms with Gasteiger partial charge in [0.2, 0.25) is 0 Å². The second-order valence-corrected chi connectivity index (χ2v) is 5.65. The van der Waals surface area contributed by atoms with Crippen LogP contribution in [0.1, 0.15) is 10.4 Å². The fourth-order valence-corrected chi connectivity index (χ4v) is 2.32. The zero-order valence-corrected chi connectivity index (χ0v) is 13.5. The highest BCUT2D eigenvalue weighted by molar-refractivity contribution is 7.10. The summed E-state index contributed by atoms with van der Waals surface area (Å²) in [5.41, 5.74) is 0.908. The van der Waals surface area contributed by atoms with E-state index in [9.17, 15) is 14.4 Å². The lowest BCUT2D eigenvalue weighted by Gasteiger charge is -2.06. The highest BCUT2D eigenvalue weighted by atomic mass is 32.1. The molecule has 0 fully saturated rings. The Morgan fingerprint density at radius 1 is 1.08 bits per heavy atom. The van der Waals surface area contributed by atoms with Gasteiger partial charge in [-0.2, -0.15) is 0 Å². The molecular weight excluding hydrogens is 328 g/mol. The minimum absolute atomic E-state index is 0.295. The molecule has 0 aliphatic rings. The molecule has 7 heteroatoms. The summed E-state index contributed by atoms with van der Waals surface area (Å²) < 4.78 is 4.75. The molecule has 0 bridgehead atoms. The van der Waals surface area contributed by atoms with Crippen LogP contribution in [0.4, 0.5) is 4.79 Å². The molecule has 1 aromatic heterocycles. The molecule has 6 nitrogen and oxygen atoms in total. The van der Waals surface area contributed by atoms with E-state index in [1.807, 2.05) is 47.8 Å². The molecule has 2 N–H and O–H groups in total. The minimum atomic E-state index is -0.696. The van der Waals surface area contributed by atoms with Gasteiger partial charge in [-0.15, -0.1) is 11.3 Å². The van der Waals surface area contributed by atoms with Crippen LogP contribution in [0.25, 0.3) is 6.08 Å². The van der Waals surface area contributed by atoms with Crippen molar-refractivity contribution in [3.63, 3.8) is 0 Å². The number of nitrogens with one attached hydrogen (secondary N) is 2. The van der Waals surface area contributed by atoms with Gasteiger partial charge in [0.15, 0.2) is 6.61 Å². The lowest BCUT2D eigenvalue weighted by atomic mass is 10.2. The van der Waals surface area contributed by atoms with Crippen LogP contribution in [0, 0.1) is 0 Å². The van der Waals surface area contributed by atoms with Crippen LogP contribution < -0.4 is 10.6 Å². The molecular formula is C17H16N2O4S. The molecule has 3 amide bonds. The van der Waals surface area contributed by atoms with E-state index in [-0.39, 0.29) is 0 Å². The van der Waals surface area contributed by atoms with Crippen LogP contribution in [0.15, 0.2) is 53.9 Å². The van der Waals surface area contributed by atoms with Crippen molar-refractivity contribution in [2.24, 2.45) is 0 Å². The van der Waals surface area contributed by atoms with Crippen LogP contribution in [0.5, 0.6) is 0 Å². The molecule has 0 saturated carbocycles. The van der Waals surface area contributed by atoms with E-state index < -0.39 is 24.5 Å². The highest BCUT2D eigenvalue weighted by Gasteiger charge is 2.09. The Kier molecular flexibility index (Phi) is 6.73. The number of benzene rings is 1. The number of carbonyl (C=O) groups excluding carboxylic acids is 3. The summed E-state index contributed by atoms with van der Waals surface area (Å²) in [7, 11) is 0. The Bertz CT molecular complexity index is 711. The van der Waals surface area contributed by atoms with Crippen molar-refractivity contribution in [3.05, 3.63) is 64.4 Å². The van der Waals surface area contributed by atoms with Crippen molar-refractivity contribution in [1.29, 1.82) is 0 Å². The monoisotopic (exact) mass is 344 g/mol. The molecule has 0 aliphatic carbocycles. The quantitative estimate of drug-likeness (QED) is 0.622. The van der Waals surface area contributed by atoms with Crippen molar-refractivity contribution in [2.45, 2.75) is 6.54 Å². The minimum Gasteiger partial charge on any atom is -0.452 e. The molecule has 0 spiro atoms. The van der Waals surface area contributed by atoms with E-state index in [4.69, 9.17) is 4.74 Å². The number of hydrogen-bond donors (Lipinski definition) is 2. The first-order chi connectivity index (χ1) is 11.6. The van der Waals surface area contributed by atoms with Crippen LogP contribution in [-0.2, 0) is 20.9 Å². The van der Waals surface area contributed by atoms with Crippen molar-refractivity contribution in [3.8, 4) is 0 Å². The maximum absolute atomic E-state index is 11.6. The van der Waals surface area contributed by atoms with Gasteiger partial charge in [0, 0.05) is 17.5 Å². The van der Waals surface area contributed by atoms with Gasteiger partial charge in [0.05, 0.1) is 0 Å². The van der Waals surface area contributed by atoms with E-state index >= 15 is 0 Å². The predicted octanol–water partition coefficient (Wildman–Crippen LogP) is 2.33. The molecule has 0 saturated heterocycles. The molecule has 2 rings (SSSR count). The number of imide groups is 1. The molecule has 2 aromatic rings. The zero-order chi connectivity index (χ0) is 17.2. The first-order valence-electron chi connectivity index (χ1n) is 7.13. The van der Waals surface area contributed by atoms with Crippen molar-refractivity contribution in [1.82, 2.24) is 10.6 Å². The number of ether oxygens (including phenoxy) is 1. The smallest absolute Gasteiger partial charge is 0.331 e. The lowest BCUT2D eigenvalue weighted by molar-refractivity contribution is -0.143. The fraction of sp³-hybridized carbons (Fsp3) is 0.118. The first-order valence-corrected chi connectivity index (χ1v) is 8.01. The highest BCUT2D eigenvalue weighted by Crippen LogP contribution is 2.10. The molecule has 0 radical (unpaired) electrons. The Labute approximate surface area is 143 Å². The number of rotatable bonds is 6. The molecule has 1 aromatic carbocycles. The number of carbonyl (C=O) groups is 3. The summed E-state index contributed by atoms with van der Waals surface area (Å²) in [6.07, 6.45) is 2.83. The van der Waals surface area contributed by atoms with Crippen molar-refractivity contribution in [2.75, 3.05) is 6.61 Å². The van der Waals surface area contributed by atoms with Crippen LogP contribution in [0.2, 0.25) is 0 Å². The summed E-state index contributed by atoms with van der Waals surface area (Å²) in [4.78, 5) is 35.4. The maximum atomic E-state index is 11.6. The van der Waals surface area contributed by atoms with E-state index in [1.165, 1.54) is 17.4 Å². The molecule has 0 aliphatic heterocycles. The first kappa shape index (κ1) is 17.4. The molecule has 124 valence electrons. The Morgan fingerprint density at radius 2 is 1.88 bits per heavy atom. The van der Waals surface area contributed by atoms with Crippen molar-refractivity contribution >= 4 is 35.3 Å². The van der Waals surface area contributed by atoms with Crippen LogP contribution >= 0.6 is 11.3 Å². The van der Waals surface area contributed by atoms with Gasteiger partial charge in [-0.25, -0.2) is 9.59 Å². The number of amides is 3. The summed E-state index contributed by atoms with van der Waals surface area (Å²) >= 11 is 1.47. The maximum Gasteiger partial charge on any atom is 0.331 e. The Balaban J connectivity index is 1.65. The number of esters is 1. The largest absolute Gasteiger partial charge is 0.452 e. The van der Waals surface area contributed by atoms with Gasteiger partial charge in [0.25, 0.3) is 5.91 Å². The number of hydrogen-bond acceptors (Lipinski definition) is 5. The molecule has 0 unspecified atom stereocenters. The number of thiophene rings is 1. The third-order valence-electron chi connectivity index (χ3n) is 2.82. The average Bonchev–Trinajstić information content (AvgIpc) is 3.11. The normalized spacial score (nSPS) is 10.3. The summed E-state index contributed by atoms with van der Waals surface area (Å²) in [6, 6.07) is 12.3. The summed E-state index contributed by atoms with van der Waals surface area (Å²) in [6.45, 7) is -0.227. The van der Waals surface area contributed by atoms with Crippen LogP contribution in [-0.4, -0.2) is 24.5 Å². The second kappa shape index (κ2) is 9.26. The zero-order valence-electron chi connectivity index (χ0n) is 12.7.